The zero-order valence-corrected chi connectivity index (χ0v) is 16.7. The van der Waals surface area contributed by atoms with Crippen molar-refractivity contribution in [3.63, 3.8) is 0 Å². The number of ether oxygens (including phenoxy) is 1. The second kappa shape index (κ2) is 8.59. The molecule has 0 saturated carbocycles. The van der Waals surface area contributed by atoms with Gasteiger partial charge in [0.15, 0.2) is 0 Å². The van der Waals surface area contributed by atoms with E-state index in [-0.39, 0.29) is 36.6 Å². The molecule has 3 heterocycles. The Morgan fingerprint density at radius 2 is 2.17 bits per heavy atom. The number of nitrogens with zero attached hydrogens (tertiary/aromatic N) is 2. The molecule has 1 aromatic carbocycles. The standard InChI is InChI=1S/C21H22F2N2O3S/c22-15-5-6-19(18(23)10-15)25-11-14(9-20(25)26)21(27)24(12-16-3-1-7-28-16)13-17-4-2-8-29-17/h2,4-6,8,10,14,16H,1,3,7,9,11-13H2. The lowest BCUT2D eigenvalue weighted by Gasteiger charge is -2.27. The molecule has 2 atom stereocenters. The monoisotopic (exact) mass is 420 g/mol. The van der Waals surface area contributed by atoms with Crippen molar-refractivity contribution in [3.05, 3.63) is 52.2 Å². The van der Waals surface area contributed by atoms with Crippen LogP contribution in [0, 0.1) is 17.6 Å². The van der Waals surface area contributed by atoms with E-state index in [0.29, 0.717) is 19.7 Å². The number of carbonyl (C=O) groups is 2. The minimum absolute atomic E-state index is 0.00154. The Kier molecular flexibility index (Phi) is 5.91. The predicted octanol–water partition coefficient (Wildman–Crippen LogP) is 3.59. The summed E-state index contributed by atoms with van der Waals surface area (Å²) in [5.74, 6) is -2.53. The van der Waals surface area contributed by atoms with Crippen LogP contribution in [0.4, 0.5) is 14.5 Å². The van der Waals surface area contributed by atoms with Crippen LogP contribution in [0.25, 0.3) is 0 Å². The van der Waals surface area contributed by atoms with E-state index in [2.05, 4.69) is 0 Å². The van der Waals surface area contributed by atoms with Gasteiger partial charge in [0, 0.05) is 37.1 Å². The number of anilines is 1. The first kappa shape index (κ1) is 20.0. The van der Waals surface area contributed by atoms with E-state index in [1.807, 2.05) is 17.5 Å². The maximum absolute atomic E-state index is 14.1. The lowest BCUT2D eigenvalue weighted by atomic mass is 10.1. The molecule has 154 valence electrons. The number of amides is 2. The Hall–Kier alpha value is -2.32. The molecule has 5 nitrogen and oxygen atoms in total. The summed E-state index contributed by atoms with van der Waals surface area (Å²) in [6.07, 6.45) is 1.90. The molecule has 1 aromatic heterocycles. The van der Waals surface area contributed by atoms with Crippen molar-refractivity contribution in [2.75, 3.05) is 24.6 Å². The molecule has 0 radical (unpaired) electrons. The number of carbonyl (C=O) groups excluding carboxylic acids is 2. The van der Waals surface area contributed by atoms with Gasteiger partial charge in [-0.25, -0.2) is 8.78 Å². The first-order valence-corrected chi connectivity index (χ1v) is 10.6. The van der Waals surface area contributed by atoms with Crippen LogP contribution in [0.2, 0.25) is 0 Å². The van der Waals surface area contributed by atoms with Crippen LogP contribution in [-0.2, 0) is 20.9 Å². The van der Waals surface area contributed by atoms with E-state index in [1.165, 1.54) is 11.0 Å². The molecule has 0 bridgehead atoms. The molecule has 2 aromatic rings. The molecule has 2 fully saturated rings. The molecule has 8 heteroatoms. The summed E-state index contributed by atoms with van der Waals surface area (Å²) in [6, 6.07) is 7.01. The Bertz CT molecular complexity index is 884. The Balaban J connectivity index is 1.50. The van der Waals surface area contributed by atoms with Gasteiger partial charge in [0.25, 0.3) is 0 Å². The third-order valence-electron chi connectivity index (χ3n) is 5.36. The fourth-order valence-corrected chi connectivity index (χ4v) is 4.64. The molecule has 0 N–H and O–H groups in total. The molecular weight excluding hydrogens is 398 g/mol. The molecule has 2 unspecified atom stereocenters. The van der Waals surface area contributed by atoms with Gasteiger partial charge in [-0.15, -0.1) is 11.3 Å². The van der Waals surface area contributed by atoms with Crippen molar-refractivity contribution in [1.82, 2.24) is 4.90 Å². The minimum atomic E-state index is -0.804. The van der Waals surface area contributed by atoms with Gasteiger partial charge in [-0.1, -0.05) is 6.07 Å². The topological polar surface area (TPSA) is 49.9 Å². The largest absolute Gasteiger partial charge is 0.376 e. The van der Waals surface area contributed by atoms with Crippen molar-refractivity contribution in [1.29, 1.82) is 0 Å². The van der Waals surface area contributed by atoms with Crippen molar-refractivity contribution >= 4 is 28.8 Å². The second-order valence-corrected chi connectivity index (χ2v) is 8.47. The Morgan fingerprint density at radius 3 is 2.86 bits per heavy atom. The van der Waals surface area contributed by atoms with Gasteiger partial charge in [0.05, 0.1) is 24.3 Å². The van der Waals surface area contributed by atoms with Gasteiger partial charge in [-0.2, -0.15) is 0 Å². The predicted molar refractivity (Wildman–Crippen MR) is 106 cm³/mol. The van der Waals surface area contributed by atoms with E-state index >= 15 is 0 Å². The highest BCUT2D eigenvalue weighted by molar-refractivity contribution is 7.09. The maximum atomic E-state index is 14.1. The fourth-order valence-electron chi connectivity index (χ4n) is 3.92. The number of halogens is 2. The van der Waals surface area contributed by atoms with Gasteiger partial charge >= 0.3 is 0 Å². The van der Waals surface area contributed by atoms with E-state index in [4.69, 9.17) is 4.74 Å². The zero-order valence-electron chi connectivity index (χ0n) is 15.9. The molecule has 0 spiro atoms. The van der Waals surface area contributed by atoms with Crippen molar-refractivity contribution in [2.24, 2.45) is 5.92 Å². The van der Waals surface area contributed by atoms with Gasteiger partial charge < -0.3 is 14.5 Å². The smallest absolute Gasteiger partial charge is 0.228 e. The molecule has 2 aliphatic heterocycles. The summed E-state index contributed by atoms with van der Waals surface area (Å²) in [5.41, 5.74) is 0.00985. The fraction of sp³-hybridized carbons (Fsp3) is 0.429. The summed E-state index contributed by atoms with van der Waals surface area (Å²) < 4.78 is 33.0. The molecule has 2 saturated heterocycles. The number of thiophene rings is 1. The highest BCUT2D eigenvalue weighted by Gasteiger charge is 2.39. The van der Waals surface area contributed by atoms with Crippen molar-refractivity contribution < 1.29 is 23.1 Å². The summed E-state index contributed by atoms with van der Waals surface area (Å²) in [7, 11) is 0. The SMILES string of the molecule is O=C(C1CC(=O)N(c2ccc(F)cc2F)C1)N(Cc1cccs1)CC1CCCO1. The van der Waals surface area contributed by atoms with Crippen LogP contribution in [0.1, 0.15) is 24.1 Å². The summed E-state index contributed by atoms with van der Waals surface area (Å²) in [6.45, 7) is 1.73. The molecule has 4 rings (SSSR count). The summed E-state index contributed by atoms with van der Waals surface area (Å²) >= 11 is 1.57. The van der Waals surface area contributed by atoms with Gasteiger partial charge in [-0.3, -0.25) is 9.59 Å². The maximum Gasteiger partial charge on any atom is 0.228 e. The van der Waals surface area contributed by atoms with Gasteiger partial charge in [-0.05, 0) is 36.4 Å². The van der Waals surface area contributed by atoms with Crippen LogP contribution >= 0.6 is 11.3 Å². The van der Waals surface area contributed by atoms with E-state index in [1.54, 1.807) is 16.2 Å². The average molecular weight is 420 g/mol. The first-order chi connectivity index (χ1) is 14.0. The highest BCUT2D eigenvalue weighted by Crippen LogP contribution is 2.30. The third-order valence-corrected chi connectivity index (χ3v) is 6.22. The zero-order chi connectivity index (χ0) is 20.4. The molecule has 2 amide bonds. The Labute approximate surface area is 171 Å². The van der Waals surface area contributed by atoms with E-state index < -0.39 is 17.6 Å². The minimum Gasteiger partial charge on any atom is -0.376 e. The number of hydrogen-bond acceptors (Lipinski definition) is 4. The Morgan fingerprint density at radius 1 is 1.31 bits per heavy atom. The van der Waals surface area contributed by atoms with Crippen molar-refractivity contribution in [3.8, 4) is 0 Å². The average Bonchev–Trinajstić information content (AvgIpc) is 3.44. The summed E-state index contributed by atoms with van der Waals surface area (Å²) in [4.78, 5) is 29.8. The number of benzene rings is 1. The van der Waals surface area contributed by atoms with E-state index in [9.17, 15) is 18.4 Å². The van der Waals surface area contributed by atoms with Gasteiger partial charge in [0.1, 0.15) is 11.6 Å². The van der Waals surface area contributed by atoms with Crippen LogP contribution in [0.15, 0.2) is 35.7 Å². The van der Waals surface area contributed by atoms with Gasteiger partial charge in [0.2, 0.25) is 11.8 Å². The summed E-state index contributed by atoms with van der Waals surface area (Å²) in [5, 5.41) is 1.96. The third kappa shape index (κ3) is 4.48. The number of hydrogen-bond donors (Lipinski definition) is 0. The molecule has 0 aliphatic carbocycles. The first-order valence-electron chi connectivity index (χ1n) is 9.69. The van der Waals surface area contributed by atoms with Crippen LogP contribution in [-0.4, -0.2) is 42.5 Å². The molecular formula is C21H22F2N2O3S. The van der Waals surface area contributed by atoms with Crippen molar-refractivity contribution in [2.45, 2.75) is 31.9 Å². The lowest BCUT2D eigenvalue weighted by molar-refractivity contribution is -0.138. The van der Waals surface area contributed by atoms with E-state index in [0.717, 1.165) is 29.9 Å². The quantitative estimate of drug-likeness (QED) is 0.718. The second-order valence-electron chi connectivity index (χ2n) is 7.43. The van der Waals surface area contributed by atoms with Crippen LogP contribution < -0.4 is 4.90 Å². The number of rotatable bonds is 6. The van der Waals surface area contributed by atoms with Crippen LogP contribution in [0.3, 0.4) is 0 Å². The normalized spacial score (nSPS) is 21.7. The molecule has 29 heavy (non-hydrogen) atoms. The lowest BCUT2D eigenvalue weighted by Crippen LogP contribution is -2.41. The van der Waals surface area contributed by atoms with Crippen LogP contribution in [0.5, 0.6) is 0 Å². The molecule has 2 aliphatic rings. The highest BCUT2D eigenvalue weighted by atomic mass is 32.1.